The molecule has 0 saturated carbocycles. The Bertz CT molecular complexity index is 2330. The number of unbranched alkanes of at least 4 members (excludes halogenated alkanes) is 7. The zero-order valence-corrected chi connectivity index (χ0v) is 35.3. The van der Waals surface area contributed by atoms with Gasteiger partial charge in [0.05, 0.1) is 26.2 Å². The third-order valence-corrected chi connectivity index (χ3v) is 12.6. The van der Waals surface area contributed by atoms with Gasteiger partial charge in [-0.25, -0.2) is 18.3 Å². The topological polar surface area (TPSA) is 92.4 Å². The number of carbonyl (C=O) groups is 4. The second-order valence-corrected chi connectivity index (χ2v) is 16.5. The summed E-state index contributed by atoms with van der Waals surface area (Å²) < 4.78 is 9.21. The van der Waals surface area contributed by atoms with E-state index in [1.165, 1.54) is 33.8 Å². The molecular formula is C50H58N6O4+2. The van der Waals surface area contributed by atoms with Gasteiger partial charge in [0.25, 0.3) is 23.6 Å². The van der Waals surface area contributed by atoms with Crippen LogP contribution in [0.15, 0.2) is 98.1 Å². The fraction of sp³-hybridized carbons (Fsp3) is 0.400. The van der Waals surface area contributed by atoms with E-state index in [-0.39, 0.29) is 23.6 Å². The summed E-state index contributed by atoms with van der Waals surface area (Å²) in [6.07, 6.45) is 26.4. The van der Waals surface area contributed by atoms with Gasteiger partial charge >= 0.3 is 0 Å². The maximum absolute atomic E-state index is 12.9. The highest BCUT2D eigenvalue weighted by Crippen LogP contribution is 2.34. The van der Waals surface area contributed by atoms with E-state index in [1.807, 2.05) is 50.2 Å². The quantitative estimate of drug-likeness (QED) is 0.0415. The summed E-state index contributed by atoms with van der Waals surface area (Å²) in [4.78, 5) is 54.5. The van der Waals surface area contributed by atoms with E-state index in [1.54, 1.807) is 0 Å². The number of rotatable bonds is 21. The molecule has 0 bridgehead atoms. The van der Waals surface area contributed by atoms with E-state index in [0.717, 1.165) is 112 Å². The summed E-state index contributed by atoms with van der Waals surface area (Å²) in [5.74, 6) is -0.741. The molecule has 60 heavy (non-hydrogen) atoms. The molecule has 2 aliphatic heterocycles. The number of imidazole rings is 2. The van der Waals surface area contributed by atoms with Gasteiger partial charge in [-0.1, -0.05) is 49.2 Å². The monoisotopic (exact) mass is 806 g/mol. The van der Waals surface area contributed by atoms with Gasteiger partial charge in [0.2, 0.25) is 12.7 Å². The van der Waals surface area contributed by atoms with Crippen molar-refractivity contribution in [3.8, 4) is 0 Å². The molecule has 6 aromatic rings. The number of benzene rings is 4. The Kier molecular flexibility index (Phi) is 12.6. The van der Waals surface area contributed by atoms with Gasteiger partial charge in [-0.2, -0.15) is 0 Å². The lowest BCUT2D eigenvalue weighted by Gasteiger charge is -2.26. The zero-order chi connectivity index (χ0) is 41.6. The van der Waals surface area contributed by atoms with Crippen LogP contribution in [0.2, 0.25) is 0 Å². The lowest BCUT2D eigenvalue weighted by molar-refractivity contribution is -0.697. The number of imide groups is 2. The third-order valence-electron chi connectivity index (χ3n) is 12.6. The Morgan fingerprint density at radius 2 is 0.850 bits per heavy atom. The molecule has 4 amide bonds. The van der Waals surface area contributed by atoms with Gasteiger partial charge in [-0.15, -0.1) is 0 Å². The average Bonchev–Trinajstić information content (AvgIpc) is 3.93. The molecule has 2 aliphatic rings. The van der Waals surface area contributed by atoms with E-state index in [4.69, 9.17) is 0 Å². The van der Waals surface area contributed by atoms with Crippen molar-refractivity contribution >= 4 is 45.2 Å². The van der Waals surface area contributed by atoms with Crippen LogP contribution in [-0.2, 0) is 39.0 Å². The fourth-order valence-electron chi connectivity index (χ4n) is 9.35. The highest BCUT2D eigenvalue weighted by atomic mass is 16.2. The van der Waals surface area contributed by atoms with Crippen LogP contribution < -0.4 is 9.13 Å². The van der Waals surface area contributed by atoms with Crippen LogP contribution in [0.3, 0.4) is 0 Å². The van der Waals surface area contributed by atoms with Crippen molar-refractivity contribution in [2.45, 2.75) is 117 Å². The van der Waals surface area contributed by atoms with E-state index in [0.29, 0.717) is 35.3 Å². The predicted octanol–water partition coefficient (Wildman–Crippen LogP) is 8.49. The Labute approximate surface area is 353 Å². The Hall–Kier alpha value is -5.90. The lowest BCUT2D eigenvalue weighted by atomic mass is 9.90. The van der Waals surface area contributed by atoms with Crippen molar-refractivity contribution < 1.29 is 28.3 Å². The molecule has 0 fully saturated rings. The van der Waals surface area contributed by atoms with Crippen molar-refractivity contribution in [3.63, 3.8) is 0 Å². The standard InChI is InChI=1S/C50H58N6O4/c1-3-55-47(57)41-21-15-19-39-37(23-25-43(45(39)41)49(55)59)17-9-5-7-11-27-51-31-33-53(35-51)29-13-14-30-54-34-32-52(36-54)28-12-8-6-10-18-38-24-26-44-46-40(38)20-16-22-42(46)48(58)56(4-2)50(44)60/h15-16,19-26,31-36H,3-14,17-18,27-30H2,1-2H3/q+2. The Morgan fingerprint density at radius 3 is 1.27 bits per heavy atom. The van der Waals surface area contributed by atoms with E-state index < -0.39 is 0 Å². The number of carbonyl (C=O) groups excluding carboxylic acids is 4. The highest BCUT2D eigenvalue weighted by molar-refractivity contribution is 6.26. The molecule has 10 heteroatoms. The molecule has 2 aromatic heterocycles. The molecule has 0 unspecified atom stereocenters. The minimum Gasteiger partial charge on any atom is -0.275 e. The number of amides is 4. The van der Waals surface area contributed by atoms with Gasteiger partial charge in [0.1, 0.15) is 24.8 Å². The summed E-state index contributed by atoms with van der Waals surface area (Å²) in [6, 6.07) is 19.7. The van der Waals surface area contributed by atoms with Crippen LogP contribution in [0.1, 0.15) is 131 Å². The van der Waals surface area contributed by atoms with Crippen LogP contribution in [-0.4, -0.2) is 55.7 Å². The smallest absolute Gasteiger partial charge is 0.261 e. The van der Waals surface area contributed by atoms with Gasteiger partial charge in [-0.05, 0) is 124 Å². The summed E-state index contributed by atoms with van der Waals surface area (Å²) in [7, 11) is 0. The van der Waals surface area contributed by atoms with Crippen LogP contribution >= 0.6 is 0 Å². The van der Waals surface area contributed by atoms with Crippen LogP contribution in [0, 0.1) is 0 Å². The SMILES string of the molecule is CCN1C(=O)c2cccc3c(CCCCCC[n+]4ccn(CCCCn5cc[n+](CCCCCCc6ccc7c8c(cccc68)C(=O)N(CC)C7=O)c5)c4)ccc(c23)C1=O. The fourth-order valence-corrected chi connectivity index (χ4v) is 9.35. The molecule has 4 aromatic carbocycles. The highest BCUT2D eigenvalue weighted by Gasteiger charge is 2.33. The van der Waals surface area contributed by atoms with Crippen LogP contribution in [0.4, 0.5) is 0 Å². The van der Waals surface area contributed by atoms with Gasteiger partial charge in [-0.3, -0.25) is 29.0 Å². The molecule has 0 radical (unpaired) electrons. The van der Waals surface area contributed by atoms with Crippen molar-refractivity contribution in [2.75, 3.05) is 13.1 Å². The summed E-state index contributed by atoms with van der Waals surface area (Å²) >= 11 is 0. The average molecular weight is 807 g/mol. The number of nitrogens with zero attached hydrogens (tertiary/aromatic N) is 6. The maximum atomic E-state index is 12.9. The Morgan fingerprint density at radius 1 is 0.450 bits per heavy atom. The van der Waals surface area contributed by atoms with E-state index in [9.17, 15) is 19.2 Å². The largest absolute Gasteiger partial charge is 0.275 e. The van der Waals surface area contributed by atoms with E-state index in [2.05, 4.69) is 80.0 Å². The maximum Gasteiger partial charge on any atom is 0.261 e. The minimum absolute atomic E-state index is 0.185. The van der Waals surface area contributed by atoms with Crippen molar-refractivity contribution in [1.82, 2.24) is 18.9 Å². The summed E-state index contributed by atoms with van der Waals surface area (Å²) in [5, 5.41) is 3.74. The first-order valence-electron chi connectivity index (χ1n) is 22.3. The molecule has 4 heterocycles. The molecule has 0 saturated heterocycles. The molecule has 310 valence electrons. The van der Waals surface area contributed by atoms with E-state index >= 15 is 0 Å². The normalized spacial score (nSPS) is 13.8. The van der Waals surface area contributed by atoms with Gasteiger partial charge in [0, 0.05) is 46.1 Å². The summed E-state index contributed by atoms with van der Waals surface area (Å²) in [5.41, 5.74) is 5.01. The molecular weight excluding hydrogens is 749 g/mol. The molecule has 0 N–H and O–H groups in total. The number of hydrogen-bond acceptors (Lipinski definition) is 4. The first-order chi connectivity index (χ1) is 29.4. The number of aromatic nitrogens is 4. The van der Waals surface area contributed by atoms with Gasteiger partial charge < -0.3 is 0 Å². The zero-order valence-electron chi connectivity index (χ0n) is 35.3. The second-order valence-electron chi connectivity index (χ2n) is 16.5. The molecule has 10 nitrogen and oxygen atoms in total. The molecule has 0 aliphatic carbocycles. The van der Waals surface area contributed by atoms with Gasteiger partial charge in [0.15, 0.2) is 0 Å². The molecule has 0 spiro atoms. The number of hydrogen-bond donors (Lipinski definition) is 0. The molecule has 0 atom stereocenters. The summed E-state index contributed by atoms with van der Waals surface area (Å²) in [6.45, 7) is 8.53. The minimum atomic E-state index is -0.185. The van der Waals surface area contributed by atoms with Crippen LogP contribution in [0.5, 0.6) is 0 Å². The van der Waals surface area contributed by atoms with Crippen molar-refractivity contribution in [2.24, 2.45) is 0 Å². The number of aryl methyl sites for hydroxylation is 6. The van der Waals surface area contributed by atoms with Crippen molar-refractivity contribution in [1.29, 1.82) is 0 Å². The second kappa shape index (κ2) is 18.6. The van der Waals surface area contributed by atoms with Crippen LogP contribution in [0.25, 0.3) is 21.5 Å². The third kappa shape index (κ3) is 8.42. The Balaban J connectivity index is 0.691. The van der Waals surface area contributed by atoms with Crippen molar-refractivity contribution in [3.05, 3.63) is 131 Å². The molecule has 8 rings (SSSR count). The first-order valence-corrected chi connectivity index (χ1v) is 22.3. The first kappa shape index (κ1) is 40.9. The predicted molar refractivity (Wildman–Crippen MR) is 233 cm³/mol. The lowest BCUT2D eigenvalue weighted by Crippen LogP contribution is -2.40.